The van der Waals surface area contributed by atoms with Crippen molar-refractivity contribution in [2.45, 2.75) is 18.8 Å². The SMILES string of the molecule is Brc1cnc2c(N3CCC(c4nc(-c5ccccn5)no4)CC3)ccnc2c1. The molecule has 1 saturated heterocycles. The summed E-state index contributed by atoms with van der Waals surface area (Å²) in [5.41, 5.74) is 3.68. The van der Waals surface area contributed by atoms with E-state index in [1.165, 1.54) is 0 Å². The quantitative estimate of drug-likeness (QED) is 0.475. The minimum Gasteiger partial charge on any atom is -0.370 e. The van der Waals surface area contributed by atoms with Gasteiger partial charge in [0.2, 0.25) is 11.7 Å². The molecular weight excluding hydrogens is 420 g/mol. The summed E-state index contributed by atoms with van der Waals surface area (Å²) < 4.78 is 6.47. The molecule has 1 aliphatic rings. The van der Waals surface area contributed by atoms with Crippen LogP contribution >= 0.6 is 15.9 Å². The number of hydrogen-bond acceptors (Lipinski definition) is 7. The van der Waals surface area contributed by atoms with E-state index in [-0.39, 0.29) is 5.92 Å². The Morgan fingerprint density at radius 1 is 1.04 bits per heavy atom. The van der Waals surface area contributed by atoms with Gasteiger partial charge in [-0.2, -0.15) is 4.98 Å². The van der Waals surface area contributed by atoms with Gasteiger partial charge >= 0.3 is 0 Å². The summed E-state index contributed by atoms with van der Waals surface area (Å²) in [4.78, 5) is 20.2. The highest BCUT2D eigenvalue weighted by atomic mass is 79.9. The van der Waals surface area contributed by atoms with Crippen LogP contribution in [0.15, 0.2) is 57.9 Å². The van der Waals surface area contributed by atoms with Gasteiger partial charge in [0.05, 0.1) is 11.2 Å². The summed E-state index contributed by atoms with van der Waals surface area (Å²) in [6.07, 6.45) is 7.29. The predicted molar refractivity (Wildman–Crippen MR) is 109 cm³/mol. The molecule has 28 heavy (non-hydrogen) atoms. The van der Waals surface area contributed by atoms with Gasteiger partial charge in [-0.15, -0.1) is 0 Å². The fraction of sp³-hybridized carbons (Fsp3) is 0.250. The van der Waals surface area contributed by atoms with Gasteiger partial charge in [-0.3, -0.25) is 15.0 Å². The maximum atomic E-state index is 5.54. The van der Waals surface area contributed by atoms with E-state index in [9.17, 15) is 0 Å². The molecule has 0 unspecified atom stereocenters. The molecule has 0 spiro atoms. The first kappa shape index (κ1) is 17.2. The molecule has 140 valence electrons. The predicted octanol–water partition coefficient (Wildman–Crippen LogP) is 4.22. The monoisotopic (exact) mass is 436 g/mol. The van der Waals surface area contributed by atoms with Gasteiger partial charge in [0, 0.05) is 42.1 Å². The molecule has 0 saturated carbocycles. The normalized spacial score (nSPS) is 15.2. The Kier molecular flexibility index (Phi) is 4.48. The third kappa shape index (κ3) is 3.24. The molecule has 4 aromatic heterocycles. The van der Waals surface area contributed by atoms with Gasteiger partial charge in [-0.25, -0.2) is 0 Å². The van der Waals surface area contributed by atoms with Crippen molar-refractivity contribution < 1.29 is 4.52 Å². The van der Waals surface area contributed by atoms with Crippen molar-refractivity contribution in [3.8, 4) is 11.5 Å². The number of piperidine rings is 1. The molecule has 4 aromatic rings. The molecule has 0 aliphatic carbocycles. The van der Waals surface area contributed by atoms with Gasteiger partial charge in [-0.1, -0.05) is 11.2 Å². The van der Waals surface area contributed by atoms with Gasteiger partial charge in [0.25, 0.3) is 0 Å². The molecule has 0 radical (unpaired) electrons. The van der Waals surface area contributed by atoms with Crippen LogP contribution in [0, 0.1) is 0 Å². The van der Waals surface area contributed by atoms with Crippen molar-refractivity contribution in [3.63, 3.8) is 0 Å². The highest BCUT2D eigenvalue weighted by Gasteiger charge is 2.26. The molecule has 0 N–H and O–H groups in total. The number of fused-ring (bicyclic) bond motifs is 1. The van der Waals surface area contributed by atoms with Crippen LogP contribution in [0.3, 0.4) is 0 Å². The van der Waals surface area contributed by atoms with Crippen LogP contribution in [0.5, 0.6) is 0 Å². The molecule has 0 aromatic carbocycles. The van der Waals surface area contributed by atoms with Crippen molar-refractivity contribution in [3.05, 3.63) is 59.3 Å². The molecule has 0 bridgehead atoms. The fourth-order valence-electron chi connectivity index (χ4n) is 3.61. The minimum atomic E-state index is 0.261. The molecule has 1 aliphatic heterocycles. The second-order valence-corrected chi connectivity index (χ2v) is 7.70. The average molecular weight is 437 g/mol. The first-order valence-electron chi connectivity index (χ1n) is 9.18. The standard InChI is InChI=1S/C20H17BrN6O/c21-14-11-16-18(24-12-14)17(4-8-23-16)27-9-5-13(6-10-27)20-25-19(26-28-20)15-3-1-2-7-22-15/h1-4,7-8,11-13H,5-6,9-10H2. The molecule has 5 heterocycles. The van der Waals surface area contributed by atoms with E-state index >= 15 is 0 Å². The van der Waals surface area contributed by atoms with Crippen molar-refractivity contribution in [1.29, 1.82) is 0 Å². The maximum absolute atomic E-state index is 5.54. The summed E-state index contributed by atoms with van der Waals surface area (Å²) in [7, 11) is 0. The van der Waals surface area contributed by atoms with Gasteiger partial charge < -0.3 is 9.42 Å². The van der Waals surface area contributed by atoms with Crippen molar-refractivity contribution in [2.24, 2.45) is 0 Å². The fourth-order valence-corrected chi connectivity index (χ4v) is 3.93. The lowest BCUT2D eigenvalue weighted by Gasteiger charge is -2.32. The second kappa shape index (κ2) is 7.27. The van der Waals surface area contributed by atoms with Crippen molar-refractivity contribution in [2.75, 3.05) is 18.0 Å². The average Bonchev–Trinajstić information content (AvgIpc) is 3.24. The maximum Gasteiger partial charge on any atom is 0.230 e. The number of rotatable bonds is 3. The van der Waals surface area contributed by atoms with Crippen LogP contribution in [0.2, 0.25) is 0 Å². The van der Waals surface area contributed by atoms with Gasteiger partial charge in [0.15, 0.2) is 0 Å². The lowest BCUT2D eigenvalue weighted by atomic mass is 9.96. The zero-order valence-electron chi connectivity index (χ0n) is 15.0. The van der Waals surface area contributed by atoms with E-state index in [0.717, 1.165) is 52.8 Å². The Balaban J connectivity index is 1.33. The van der Waals surface area contributed by atoms with E-state index < -0.39 is 0 Å². The zero-order valence-corrected chi connectivity index (χ0v) is 16.6. The number of hydrogen-bond donors (Lipinski definition) is 0. The molecule has 8 heteroatoms. The van der Waals surface area contributed by atoms with Crippen LogP contribution in [0.4, 0.5) is 5.69 Å². The van der Waals surface area contributed by atoms with Gasteiger partial charge in [-0.05, 0) is 53.0 Å². The zero-order chi connectivity index (χ0) is 18.9. The molecule has 7 nitrogen and oxygen atoms in total. The first-order chi connectivity index (χ1) is 13.8. The van der Waals surface area contributed by atoms with Crippen LogP contribution in [-0.4, -0.2) is 38.2 Å². The Labute approximate surface area is 170 Å². The minimum absolute atomic E-state index is 0.261. The third-order valence-corrected chi connectivity index (χ3v) is 5.48. The molecule has 5 rings (SSSR count). The van der Waals surface area contributed by atoms with E-state index in [1.807, 2.05) is 42.7 Å². The number of aromatic nitrogens is 5. The van der Waals surface area contributed by atoms with Crippen LogP contribution in [0.25, 0.3) is 22.6 Å². The van der Waals surface area contributed by atoms with Crippen LogP contribution in [-0.2, 0) is 0 Å². The third-order valence-electron chi connectivity index (χ3n) is 5.04. The van der Waals surface area contributed by atoms with E-state index in [0.29, 0.717) is 11.7 Å². The largest absolute Gasteiger partial charge is 0.370 e. The Bertz CT molecular complexity index is 1110. The smallest absolute Gasteiger partial charge is 0.230 e. The number of pyridine rings is 3. The van der Waals surface area contributed by atoms with E-state index in [2.05, 4.69) is 45.9 Å². The highest BCUT2D eigenvalue weighted by Crippen LogP contribution is 2.33. The summed E-state index contributed by atoms with van der Waals surface area (Å²) >= 11 is 3.46. The summed E-state index contributed by atoms with van der Waals surface area (Å²) in [5.74, 6) is 1.51. The molecule has 1 fully saturated rings. The first-order valence-corrected chi connectivity index (χ1v) is 9.97. The molecular formula is C20H17BrN6O. The Hall–Kier alpha value is -2.87. The van der Waals surface area contributed by atoms with E-state index in [4.69, 9.17) is 4.52 Å². The Morgan fingerprint density at radius 2 is 1.93 bits per heavy atom. The summed E-state index contributed by atoms with van der Waals surface area (Å²) in [6, 6.07) is 9.71. The number of nitrogens with zero attached hydrogens (tertiary/aromatic N) is 6. The highest BCUT2D eigenvalue weighted by molar-refractivity contribution is 9.10. The number of anilines is 1. The lowest BCUT2D eigenvalue weighted by molar-refractivity contribution is 0.329. The van der Waals surface area contributed by atoms with E-state index in [1.54, 1.807) is 6.20 Å². The molecule has 0 atom stereocenters. The van der Waals surface area contributed by atoms with Crippen LogP contribution in [0.1, 0.15) is 24.7 Å². The lowest BCUT2D eigenvalue weighted by Crippen LogP contribution is -2.33. The van der Waals surface area contributed by atoms with Gasteiger partial charge in [0.1, 0.15) is 11.2 Å². The van der Waals surface area contributed by atoms with Crippen molar-refractivity contribution >= 4 is 32.7 Å². The Morgan fingerprint density at radius 3 is 2.75 bits per heavy atom. The second-order valence-electron chi connectivity index (χ2n) is 6.78. The topological polar surface area (TPSA) is 80.8 Å². The molecule has 0 amide bonds. The van der Waals surface area contributed by atoms with Crippen molar-refractivity contribution in [1.82, 2.24) is 25.1 Å². The summed E-state index contributed by atoms with van der Waals surface area (Å²) in [5, 5.41) is 4.10. The summed E-state index contributed by atoms with van der Waals surface area (Å²) in [6.45, 7) is 1.81. The van der Waals surface area contributed by atoms with Crippen LogP contribution < -0.4 is 4.90 Å². The number of halogens is 1.